The highest BCUT2D eigenvalue weighted by molar-refractivity contribution is 5.48. The quantitative estimate of drug-likeness (QED) is 0.471. The van der Waals surface area contributed by atoms with Crippen molar-refractivity contribution < 1.29 is 9.66 Å². The zero-order valence-electron chi connectivity index (χ0n) is 11.9. The predicted octanol–water partition coefficient (Wildman–Crippen LogP) is 3.42. The highest BCUT2D eigenvalue weighted by Crippen LogP contribution is 2.32. The first-order valence-corrected chi connectivity index (χ1v) is 7.35. The van der Waals surface area contributed by atoms with Crippen molar-refractivity contribution in [2.45, 2.75) is 51.7 Å². The van der Waals surface area contributed by atoms with Crippen LogP contribution >= 0.6 is 0 Å². The molecule has 0 aromatic heterocycles. The number of benzene rings is 1. The van der Waals surface area contributed by atoms with Crippen LogP contribution in [0.3, 0.4) is 0 Å². The van der Waals surface area contributed by atoms with Gasteiger partial charge < -0.3 is 10.1 Å². The van der Waals surface area contributed by atoms with Crippen LogP contribution in [0.25, 0.3) is 0 Å². The number of nitro groups is 1. The molecule has 1 aromatic rings. The van der Waals surface area contributed by atoms with E-state index < -0.39 is 0 Å². The van der Waals surface area contributed by atoms with E-state index in [9.17, 15) is 10.1 Å². The summed E-state index contributed by atoms with van der Waals surface area (Å²) in [4.78, 5) is 10.7. The van der Waals surface area contributed by atoms with Gasteiger partial charge in [0.25, 0.3) is 0 Å². The molecule has 2 rings (SSSR count). The molecule has 0 atom stereocenters. The summed E-state index contributed by atoms with van der Waals surface area (Å²) < 4.78 is 5.85. The maximum absolute atomic E-state index is 11.1. The lowest BCUT2D eigenvalue weighted by molar-refractivity contribution is -0.386. The fraction of sp³-hybridized carbons (Fsp3) is 0.600. The third-order valence-electron chi connectivity index (χ3n) is 3.57. The van der Waals surface area contributed by atoms with E-state index in [-0.39, 0.29) is 16.7 Å². The monoisotopic (exact) mass is 278 g/mol. The van der Waals surface area contributed by atoms with E-state index in [1.54, 1.807) is 18.2 Å². The first-order valence-electron chi connectivity index (χ1n) is 7.35. The normalized spacial score (nSPS) is 15.4. The van der Waals surface area contributed by atoms with Crippen molar-refractivity contribution >= 4 is 5.69 Å². The highest BCUT2D eigenvalue weighted by Gasteiger charge is 2.22. The van der Waals surface area contributed by atoms with Crippen molar-refractivity contribution in [2.75, 3.05) is 6.54 Å². The van der Waals surface area contributed by atoms with Gasteiger partial charge in [-0.1, -0.05) is 13.0 Å². The molecule has 0 aliphatic heterocycles. The molecule has 1 fully saturated rings. The number of hydrogen-bond acceptors (Lipinski definition) is 4. The van der Waals surface area contributed by atoms with Crippen LogP contribution in [0, 0.1) is 10.1 Å². The number of ether oxygens (including phenoxy) is 1. The van der Waals surface area contributed by atoms with Crippen LogP contribution < -0.4 is 10.1 Å². The van der Waals surface area contributed by atoms with Gasteiger partial charge in [-0.2, -0.15) is 0 Å². The van der Waals surface area contributed by atoms with Gasteiger partial charge >= 0.3 is 5.69 Å². The average molecular weight is 278 g/mol. The molecular formula is C15H22N2O3. The topological polar surface area (TPSA) is 64.4 Å². The lowest BCUT2D eigenvalue weighted by Crippen LogP contribution is -2.15. The molecule has 1 saturated carbocycles. The Hall–Kier alpha value is -1.62. The summed E-state index contributed by atoms with van der Waals surface area (Å²) in [7, 11) is 0. The minimum Gasteiger partial charge on any atom is -0.483 e. The van der Waals surface area contributed by atoms with E-state index in [0.717, 1.165) is 44.2 Å². The fourth-order valence-corrected chi connectivity index (χ4v) is 2.51. The SMILES string of the molecule is CCCNCc1ccc([N+](=O)[O-])c(OC2CCCC2)c1. The molecule has 1 aliphatic rings. The number of hydrogen-bond donors (Lipinski definition) is 1. The lowest BCUT2D eigenvalue weighted by Gasteiger charge is -2.14. The van der Waals surface area contributed by atoms with Crippen molar-refractivity contribution in [1.82, 2.24) is 5.32 Å². The number of nitrogens with one attached hydrogen (secondary N) is 1. The van der Waals surface area contributed by atoms with Crippen molar-refractivity contribution in [3.05, 3.63) is 33.9 Å². The molecule has 5 heteroatoms. The molecule has 1 aromatic carbocycles. The maximum Gasteiger partial charge on any atom is 0.310 e. The maximum atomic E-state index is 11.1. The van der Waals surface area contributed by atoms with E-state index in [1.165, 1.54) is 0 Å². The second-order valence-electron chi connectivity index (χ2n) is 5.26. The Morgan fingerprint density at radius 3 is 2.80 bits per heavy atom. The van der Waals surface area contributed by atoms with Gasteiger partial charge in [0, 0.05) is 12.6 Å². The van der Waals surface area contributed by atoms with Gasteiger partial charge in [-0.05, 0) is 50.3 Å². The standard InChI is InChI=1S/C15H22N2O3/c1-2-9-16-11-12-7-8-14(17(18)19)15(10-12)20-13-5-3-4-6-13/h7-8,10,13,16H,2-6,9,11H2,1H3. The van der Waals surface area contributed by atoms with E-state index in [4.69, 9.17) is 4.74 Å². The second-order valence-corrected chi connectivity index (χ2v) is 5.26. The molecule has 20 heavy (non-hydrogen) atoms. The molecule has 1 aliphatic carbocycles. The molecule has 0 heterocycles. The molecule has 0 unspecified atom stereocenters. The zero-order chi connectivity index (χ0) is 14.4. The van der Waals surface area contributed by atoms with E-state index in [0.29, 0.717) is 12.3 Å². The summed E-state index contributed by atoms with van der Waals surface area (Å²) in [5.41, 5.74) is 1.09. The van der Waals surface area contributed by atoms with Crippen LogP contribution in [0.1, 0.15) is 44.6 Å². The Labute approximate surface area is 119 Å². The molecule has 110 valence electrons. The highest BCUT2D eigenvalue weighted by atomic mass is 16.6. The first kappa shape index (κ1) is 14.8. The van der Waals surface area contributed by atoms with Gasteiger partial charge in [0.05, 0.1) is 11.0 Å². The first-order chi connectivity index (χ1) is 9.70. The summed E-state index contributed by atoms with van der Waals surface area (Å²) >= 11 is 0. The Kier molecular flexibility index (Phi) is 5.35. The fourth-order valence-electron chi connectivity index (χ4n) is 2.51. The number of rotatable bonds is 7. The minimum absolute atomic E-state index is 0.0659. The average Bonchev–Trinajstić information content (AvgIpc) is 2.92. The molecule has 0 saturated heterocycles. The summed E-state index contributed by atoms with van der Waals surface area (Å²) in [6, 6.07) is 5.15. The predicted molar refractivity (Wildman–Crippen MR) is 78.0 cm³/mol. The Morgan fingerprint density at radius 1 is 1.40 bits per heavy atom. The van der Waals surface area contributed by atoms with Crippen LogP contribution in [0.4, 0.5) is 5.69 Å². The zero-order valence-corrected chi connectivity index (χ0v) is 11.9. The van der Waals surface area contributed by atoms with Crippen LogP contribution in [0.5, 0.6) is 5.75 Å². The molecule has 0 radical (unpaired) electrons. The number of nitrogens with zero attached hydrogens (tertiary/aromatic N) is 1. The van der Waals surface area contributed by atoms with Gasteiger partial charge in [0.1, 0.15) is 0 Å². The third kappa shape index (κ3) is 3.93. The molecule has 1 N–H and O–H groups in total. The van der Waals surface area contributed by atoms with Gasteiger partial charge in [-0.15, -0.1) is 0 Å². The summed E-state index contributed by atoms with van der Waals surface area (Å²) in [5.74, 6) is 0.415. The van der Waals surface area contributed by atoms with Gasteiger partial charge in [-0.25, -0.2) is 0 Å². The molecular weight excluding hydrogens is 256 g/mol. The second kappa shape index (κ2) is 7.24. The van der Waals surface area contributed by atoms with Gasteiger partial charge in [0.2, 0.25) is 0 Å². The Bertz CT molecular complexity index is 456. The third-order valence-corrected chi connectivity index (χ3v) is 3.57. The van der Waals surface area contributed by atoms with Crippen molar-refractivity contribution in [3.63, 3.8) is 0 Å². The summed E-state index contributed by atoms with van der Waals surface area (Å²) in [5, 5.41) is 14.4. The van der Waals surface area contributed by atoms with Crippen LogP contribution in [0.2, 0.25) is 0 Å². The van der Waals surface area contributed by atoms with Crippen molar-refractivity contribution in [1.29, 1.82) is 0 Å². The van der Waals surface area contributed by atoms with Gasteiger partial charge in [-0.3, -0.25) is 10.1 Å². The largest absolute Gasteiger partial charge is 0.483 e. The Morgan fingerprint density at radius 2 is 2.15 bits per heavy atom. The molecule has 0 bridgehead atoms. The Balaban J connectivity index is 2.11. The van der Waals surface area contributed by atoms with Crippen LogP contribution in [0.15, 0.2) is 18.2 Å². The van der Waals surface area contributed by atoms with E-state index in [2.05, 4.69) is 12.2 Å². The van der Waals surface area contributed by atoms with E-state index in [1.807, 2.05) is 0 Å². The van der Waals surface area contributed by atoms with Gasteiger partial charge in [0.15, 0.2) is 5.75 Å². The molecule has 0 spiro atoms. The molecule has 5 nitrogen and oxygen atoms in total. The number of nitro benzene ring substituents is 1. The van der Waals surface area contributed by atoms with Crippen molar-refractivity contribution in [3.8, 4) is 5.75 Å². The molecule has 0 amide bonds. The smallest absolute Gasteiger partial charge is 0.310 e. The van der Waals surface area contributed by atoms with Crippen LogP contribution in [-0.4, -0.2) is 17.6 Å². The summed E-state index contributed by atoms with van der Waals surface area (Å²) in [6.07, 6.45) is 5.49. The van der Waals surface area contributed by atoms with Crippen LogP contribution in [-0.2, 0) is 6.54 Å². The van der Waals surface area contributed by atoms with E-state index >= 15 is 0 Å². The minimum atomic E-state index is -0.368. The summed E-state index contributed by atoms with van der Waals surface area (Å²) in [6.45, 7) is 3.76. The van der Waals surface area contributed by atoms with Crippen molar-refractivity contribution in [2.24, 2.45) is 0 Å². The lowest BCUT2D eigenvalue weighted by atomic mass is 10.2.